The first kappa shape index (κ1) is 17.9. The number of β-lactam (4-membered cyclic amide) rings is 1. The van der Waals surface area contributed by atoms with Crippen LogP contribution >= 0.6 is 23.1 Å². The number of oxime groups is 1. The molecule has 3 heterocycles. The minimum absolute atomic E-state index is 0.0790. The molecule has 1 saturated heterocycles. The Balaban J connectivity index is 1.71. The first-order chi connectivity index (χ1) is 12.3. The van der Waals surface area contributed by atoms with E-state index in [1.807, 2.05) is 0 Å². The third kappa shape index (κ3) is 2.93. The van der Waals surface area contributed by atoms with Crippen LogP contribution in [0, 0.1) is 5.92 Å². The van der Waals surface area contributed by atoms with Gasteiger partial charge in [-0.15, -0.1) is 23.1 Å². The molecule has 10 nitrogen and oxygen atoms in total. The summed E-state index contributed by atoms with van der Waals surface area (Å²) < 4.78 is 0. The van der Waals surface area contributed by atoms with Gasteiger partial charge in [0.25, 0.3) is 5.91 Å². The standard InChI is InChI=1S/C14H13N5O5S2/c1-5(16-10(20)9(18-24)6-4-26-14(15)17-6)8-11(21)19-7(13(22)23)2-3-25-12(8)19/h2,4,8,12,24H,1,3H2,(H2,15,17)(H,16,20)(H,22,23)/t8-,12-/m1/s1. The molecule has 2 aliphatic rings. The summed E-state index contributed by atoms with van der Waals surface area (Å²) in [5.74, 6) is -2.81. The fourth-order valence-electron chi connectivity index (χ4n) is 2.62. The Kier molecular flexibility index (Phi) is 4.70. The quantitative estimate of drug-likeness (QED) is 0.235. The molecule has 1 aromatic rings. The number of thioether (sulfide) groups is 1. The molecule has 2 atom stereocenters. The molecule has 5 N–H and O–H groups in total. The van der Waals surface area contributed by atoms with Gasteiger partial charge in [0.05, 0.1) is 0 Å². The van der Waals surface area contributed by atoms with Crippen LogP contribution in [-0.4, -0.2) is 54.8 Å². The lowest BCUT2D eigenvalue weighted by molar-refractivity contribution is -0.150. The number of rotatable bonds is 5. The van der Waals surface area contributed by atoms with E-state index in [4.69, 9.17) is 16.0 Å². The molecule has 1 aromatic heterocycles. The van der Waals surface area contributed by atoms with Crippen LogP contribution in [0.25, 0.3) is 0 Å². The number of fused-ring (bicyclic) bond motifs is 1. The molecule has 136 valence electrons. The largest absolute Gasteiger partial charge is 0.477 e. The number of thiazole rings is 1. The summed E-state index contributed by atoms with van der Waals surface area (Å²) in [7, 11) is 0. The van der Waals surface area contributed by atoms with Crippen molar-refractivity contribution in [2.24, 2.45) is 11.1 Å². The maximum absolute atomic E-state index is 12.3. The number of aliphatic carboxylic acids is 1. The first-order valence-electron chi connectivity index (χ1n) is 7.16. The maximum atomic E-state index is 12.3. The molecule has 2 aliphatic heterocycles. The SMILES string of the molecule is C=C(NC(=O)C(=NO)c1csc(N)n1)[C@@H]1C(=O)N2C(C(=O)O)=CCS[C@H]12. The molecule has 0 aliphatic carbocycles. The Morgan fingerprint density at radius 2 is 2.23 bits per heavy atom. The fraction of sp³-hybridized carbons (Fsp3) is 0.214. The Morgan fingerprint density at radius 1 is 1.50 bits per heavy atom. The molecule has 2 amide bonds. The second kappa shape index (κ2) is 6.80. The summed E-state index contributed by atoms with van der Waals surface area (Å²) in [6.45, 7) is 3.70. The zero-order chi connectivity index (χ0) is 19.0. The van der Waals surface area contributed by atoms with Crippen molar-refractivity contribution in [3.05, 3.63) is 35.1 Å². The molecule has 12 heteroatoms. The van der Waals surface area contributed by atoms with Crippen molar-refractivity contribution in [2.75, 3.05) is 11.5 Å². The third-order valence-electron chi connectivity index (χ3n) is 3.79. The van der Waals surface area contributed by atoms with Crippen molar-refractivity contribution in [1.29, 1.82) is 0 Å². The number of anilines is 1. The van der Waals surface area contributed by atoms with Crippen molar-refractivity contribution in [3.8, 4) is 0 Å². The summed E-state index contributed by atoms with van der Waals surface area (Å²) in [5, 5.41) is 24.8. The monoisotopic (exact) mass is 395 g/mol. The van der Waals surface area contributed by atoms with Crippen LogP contribution in [0.1, 0.15) is 5.69 Å². The number of nitrogens with two attached hydrogens (primary N) is 1. The predicted molar refractivity (Wildman–Crippen MR) is 94.4 cm³/mol. The van der Waals surface area contributed by atoms with E-state index < -0.39 is 29.1 Å². The zero-order valence-corrected chi connectivity index (χ0v) is 14.7. The smallest absolute Gasteiger partial charge is 0.352 e. The lowest BCUT2D eigenvalue weighted by Crippen LogP contribution is -2.62. The molecule has 3 rings (SSSR count). The van der Waals surface area contributed by atoms with Crippen LogP contribution in [0.3, 0.4) is 0 Å². The van der Waals surface area contributed by atoms with E-state index in [-0.39, 0.29) is 27.9 Å². The highest BCUT2D eigenvalue weighted by molar-refractivity contribution is 8.00. The predicted octanol–water partition coefficient (Wildman–Crippen LogP) is 0.0333. The Labute approximate surface area is 155 Å². The van der Waals surface area contributed by atoms with Gasteiger partial charge in [0, 0.05) is 16.8 Å². The van der Waals surface area contributed by atoms with Crippen LogP contribution < -0.4 is 11.1 Å². The first-order valence-corrected chi connectivity index (χ1v) is 9.09. The second-order valence-corrected chi connectivity index (χ2v) is 7.34. The highest BCUT2D eigenvalue weighted by Gasteiger charge is 2.53. The molecule has 0 bridgehead atoms. The van der Waals surface area contributed by atoms with E-state index in [9.17, 15) is 14.4 Å². The number of aromatic nitrogens is 1. The van der Waals surface area contributed by atoms with Gasteiger partial charge >= 0.3 is 5.97 Å². The lowest BCUT2D eigenvalue weighted by Gasteiger charge is -2.48. The minimum Gasteiger partial charge on any atom is -0.477 e. The van der Waals surface area contributed by atoms with E-state index in [1.165, 1.54) is 28.1 Å². The number of hydrogen-bond donors (Lipinski definition) is 4. The maximum Gasteiger partial charge on any atom is 0.352 e. The summed E-state index contributed by atoms with van der Waals surface area (Å²) in [4.78, 5) is 40.9. The second-order valence-electron chi connectivity index (χ2n) is 5.30. The molecule has 0 radical (unpaired) electrons. The van der Waals surface area contributed by atoms with E-state index in [1.54, 1.807) is 0 Å². The Hall–Kier alpha value is -2.86. The fourth-order valence-corrected chi connectivity index (χ4v) is 4.46. The van der Waals surface area contributed by atoms with Gasteiger partial charge in [-0.25, -0.2) is 9.78 Å². The van der Waals surface area contributed by atoms with Crippen molar-refractivity contribution in [2.45, 2.75) is 5.37 Å². The van der Waals surface area contributed by atoms with Crippen molar-refractivity contribution in [3.63, 3.8) is 0 Å². The van der Waals surface area contributed by atoms with Gasteiger partial charge in [0.15, 0.2) is 10.8 Å². The molecule has 0 spiro atoms. The molecular weight excluding hydrogens is 382 g/mol. The average molecular weight is 395 g/mol. The average Bonchev–Trinajstić information content (AvgIpc) is 3.00. The van der Waals surface area contributed by atoms with Crippen molar-refractivity contribution >= 4 is 51.7 Å². The highest BCUT2D eigenvalue weighted by Crippen LogP contribution is 2.43. The molecule has 0 unspecified atom stereocenters. The van der Waals surface area contributed by atoms with Gasteiger partial charge in [-0.3, -0.25) is 14.5 Å². The van der Waals surface area contributed by atoms with Crippen LogP contribution in [0.2, 0.25) is 0 Å². The Morgan fingerprint density at radius 3 is 2.81 bits per heavy atom. The number of nitrogens with one attached hydrogen (secondary N) is 1. The van der Waals surface area contributed by atoms with Crippen LogP contribution in [0.5, 0.6) is 0 Å². The number of carboxylic acid groups (broad SMARTS) is 1. The normalized spacial score (nSPS) is 22.2. The Bertz CT molecular complexity index is 877. The van der Waals surface area contributed by atoms with Gasteiger partial charge in [0.1, 0.15) is 22.7 Å². The molecule has 1 fully saturated rings. The number of carbonyl (C=O) groups is 3. The van der Waals surface area contributed by atoms with Crippen molar-refractivity contribution < 1.29 is 24.7 Å². The number of nitrogen functional groups attached to an aromatic ring is 1. The topological polar surface area (TPSA) is 158 Å². The summed E-state index contributed by atoms with van der Waals surface area (Å²) in [6, 6.07) is 0. The van der Waals surface area contributed by atoms with Gasteiger partial charge in [-0.2, -0.15) is 0 Å². The van der Waals surface area contributed by atoms with Crippen LogP contribution in [0.15, 0.2) is 34.6 Å². The number of carboxylic acids is 1. The minimum atomic E-state index is -1.19. The number of nitrogens with zero attached hydrogens (tertiary/aromatic N) is 3. The number of carbonyl (C=O) groups excluding carboxylic acids is 2. The molecule has 26 heavy (non-hydrogen) atoms. The summed E-state index contributed by atoms with van der Waals surface area (Å²) in [6.07, 6.45) is 1.46. The highest BCUT2D eigenvalue weighted by atomic mass is 32.2. The van der Waals surface area contributed by atoms with E-state index in [2.05, 4.69) is 22.0 Å². The van der Waals surface area contributed by atoms with Crippen molar-refractivity contribution in [1.82, 2.24) is 15.2 Å². The number of hydrogen-bond acceptors (Lipinski definition) is 9. The summed E-state index contributed by atoms with van der Waals surface area (Å²) in [5.41, 5.74) is 5.22. The van der Waals surface area contributed by atoms with E-state index >= 15 is 0 Å². The molecule has 0 saturated carbocycles. The zero-order valence-electron chi connectivity index (χ0n) is 13.1. The molecule has 0 aromatic carbocycles. The number of amides is 2. The van der Waals surface area contributed by atoms with Crippen LogP contribution in [0.4, 0.5) is 5.13 Å². The third-order valence-corrected chi connectivity index (χ3v) is 5.65. The molecular formula is C14H13N5O5S2. The van der Waals surface area contributed by atoms with Gasteiger partial charge in [-0.05, 0) is 6.08 Å². The van der Waals surface area contributed by atoms with Gasteiger partial charge < -0.3 is 21.4 Å². The van der Waals surface area contributed by atoms with Gasteiger partial charge in [0.2, 0.25) is 5.91 Å². The van der Waals surface area contributed by atoms with E-state index in [0.717, 1.165) is 11.3 Å². The van der Waals surface area contributed by atoms with Crippen LogP contribution in [-0.2, 0) is 14.4 Å². The summed E-state index contributed by atoms with van der Waals surface area (Å²) >= 11 is 2.43. The lowest BCUT2D eigenvalue weighted by atomic mass is 9.93. The van der Waals surface area contributed by atoms with Gasteiger partial charge in [-0.1, -0.05) is 11.7 Å². The van der Waals surface area contributed by atoms with E-state index in [0.29, 0.717) is 5.75 Å².